The lowest BCUT2D eigenvalue weighted by atomic mass is 10.1. The second-order valence-corrected chi connectivity index (χ2v) is 9.72. The fraction of sp³-hybridized carbons (Fsp3) is 0.267. The Morgan fingerprint density at radius 2 is 1.79 bits per heavy atom. The molecule has 43 heavy (non-hydrogen) atoms. The molecule has 0 spiro atoms. The van der Waals surface area contributed by atoms with Gasteiger partial charge >= 0.3 is 12.1 Å². The number of amidine groups is 1. The lowest BCUT2D eigenvalue weighted by molar-refractivity contribution is -0.0102. The molecule has 4 rings (SSSR count). The molecule has 0 atom stereocenters. The Hall–Kier alpha value is -5.46. The van der Waals surface area contributed by atoms with Crippen LogP contribution in [0, 0.1) is 13.8 Å². The van der Waals surface area contributed by atoms with E-state index in [0.717, 1.165) is 29.6 Å². The minimum Gasteiger partial charge on any atom is -0.508 e. The van der Waals surface area contributed by atoms with Crippen molar-refractivity contribution in [2.24, 2.45) is 15.7 Å². The fourth-order valence-corrected chi connectivity index (χ4v) is 4.04. The molecule has 2 aromatic carbocycles. The summed E-state index contributed by atoms with van der Waals surface area (Å²) in [6.45, 7) is 4.34. The third kappa shape index (κ3) is 7.44. The van der Waals surface area contributed by atoms with Gasteiger partial charge in [0.05, 0.1) is 28.8 Å². The van der Waals surface area contributed by atoms with Crippen LogP contribution in [-0.4, -0.2) is 70.4 Å². The molecule has 0 aliphatic heterocycles. The van der Waals surface area contributed by atoms with Crippen LogP contribution in [0.1, 0.15) is 67.7 Å². The number of hydrogen-bond acceptors (Lipinski definition) is 8. The van der Waals surface area contributed by atoms with Crippen LogP contribution in [0.2, 0.25) is 0 Å². The second-order valence-electron chi connectivity index (χ2n) is 9.72. The number of H-pyrrole nitrogens is 1. The zero-order valence-corrected chi connectivity index (χ0v) is 23.9. The van der Waals surface area contributed by atoms with E-state index in [-0.39, 0.29) is 41.2 Å². The van der Waals surface area contributed by atoms with Crippen LogP contribution in [-0.2, 0) is 9.47 Å². The normalized spacial score (nSPS) is 13.0. The average molecular weight is 589 g/mol. The van der Waals surface area contributed by atoms with Crippen LogP contribution >= 0.6 is 0 Å². The Morgan fingerprint density at radius 1 is 1.09 bits per heavy atom. The van der Waals surface area contributed by atoms with Crippen LogP contribution in [0.4, 0.5) is 10.5 Å². The number of aromatic hydroxyl groups is 1. The molecule has 3 aromatic rings. The quantitative estimate of drug-likeness (QED) is 0.126. The van der Waals surface area contributed by atoms with Gasteiger partial charge < -0.3 is 30.6 Å². The first-order valence-electron chi connectivity index (χ1n) is 13.5. The predicted octanol–water partition coefficient (Wildman–Crippen LogP) is 3.71. The van der Waals surface area contributed by atoms with Gasteiger partial charge in [-0.1, -0.05) is 6.07 Å². The number of aryl methyl sites for hydroxylation is 1. The summed E-state index contributed by atoms with van der Waals surface area (Å²) < 4.78 is 9.94. The van der Waals surface area contributed by atoms with Crippen molar-refractivity contribution in [1.29, 1.82) is 0 Å². The number of rotatable bonds is 9. The lowest BCUT2D eigenvalue weighted by Gasteiger charge is -2.18. The summed E-state index contributed by atoms with van der Waals surface area (Å²) in [6.07, 6.45) is 3.40. The van der Waals surface area contributed by atoms with Gasteiger partial charge in [0, 0.05) is 24.3 Å². The van der Waals surface area contributed by atoms with E-state index in [1.807, 2.05) is 6.92 Å². The van der Waals surface area contributed by atoms with Gasteiger partial charge in [-0.25, -0.2) is 24.5 Å². The summed E-state index contributed by atoms with van der Waals surface area (Å²) >= 11 is 0. The Kier molecular flexibility index (Phi) is 9.55. The number of nitrogens with zero attached hydrogens (tertiary/aromatic N) is 3. The van der Waals surface area contributed by atoms with Crippen LogP contribution < -0.4 is 11.1 Å². The monoisotopic (exact) mass is 588 g/mol. The molecule has 1 heterocycles. The molecule has 13 heteroatoms. The first-order chi connectivity index (χ1) is 20.6. The molecule has 0 bridgehead atoms. The van der Waals surface area contributed by atoms with Crippen LogP contribution in [0.25, 0.3) is 0 Å². The van der Waals surface area contributed by atoms with Gasteiger partial charge in [0.15, 0.2) is 5.84 Å². The zero-order chi connectivity index (χ0) is 31.1. The van der Waals surface area contributed by atoms with Gasteiger partial charge in [-0.15, -0.1) is 0 Å². The Balaban J connectivity index is 1.49. The van der Waals surface area contributed by atoms with Crippen LogP contribution in [0.15, 0.2) is 58.6 Å². The molecule has 1 fully saturated rings. The number of nitrogens with two attached hydrogens (primary N) is 1. The number of imide groups is 1. The van der Waals surface area contributed by atoms with Gasteiger partial charge in [0.25, 0.3) is 11.8 Å². The van der Waals surface area contributed by atoms with Crippen molar-refractivity contribution in [3.05, 3.63) is 82.2 Å². The Bertz CT molecular complexity index is 1590. The lowest BCUT2D eigenvalue weighted by Crippen LogP contribution is -2.37. The SMILES string of the molecule is CCN(C(=O)OCOC(=O)c1ccc(O)cc1)C(=O)c1c[nH]c(C(N=CN)=Nc2cc(C(=O)NC3CC3)ccc2C)c1C. The molecule has 1 aliphatic carbocycles. The second kappa shape index (κ2) is 13.5. The maximum atomic E-state index is 13.3. The number of aliphatic imine (C=N–C) groups is 2. The molecule has 1 aliphatic rings. The molecule has 1 saturated carbocycles. The molecule has 1 aromatic heterocycles. The van der Waals surface area contributed by atoms with Crippen LogP contribution in [0.3, 0.4) is 0 Å². The highest BCUT2D eigenvalue weighted by atomic mass is 16.7. The van der Waals surface area contributed by atoms with Gasteiger partial charge in [-0.3, -0.25) is 9.59 Å². The van der Waals surface area contributed by atoms with E-state index in [2.05, 4.69) is 20.3 Å². The topological polar surface area (TPSA) is 189 Å². The number of aromatic amines is 1. The van der Waals surface area contributed by atoms with Crippen molar-refractivity contribution < 1.29 is 33.8 Å². The van der Waals surface area contributed by atoms with Crippen molar-refractivity contribution in [1.82, 2.24) is 15.2 Å². The summed E-state index contributed by atoms with van der Waals surface area (Å²) in [5, 5.41) is 12.3. The predicted molar refractivity (Wildman–Crippen MR) is 158 cm³/mol. The number of ether oxygens (including phenoxy) is 2. The van der Waals surface area contributed by atoms with E-state index in [4.69, 9.17) is 15.2 Å². The van der Waals surface area contributed by atoms with Crippen molar-refractivity contribution in [3.63, 3.8) is 0 Å². The van der Waals surface area contributed by atoms with Gasteiger partial charge in [-0.2, -0.15) is 0 Å². The molecule has 3 amide bonds. The smallest absolute Gasteiger partial charge is 0.419 e. The van der Waals surface area contributed by atoms with E-state index in [0.29, 0.717) is 22.5 Å². The van der Waals surface area contributed by atoms with E-state index in [9.17, 15) is 24.3 Å². The number of aromatic nitrogens is 1. The number of carbonyl (C=O) groups is 4. The molecule has 0 unspecified atom stereocenters. The number of phenolic OH excluding ortho intramolecular Hbond substituents is 1. The summed E-state index contributed by atoms with van der Waals surface area (Å²) in [5.74, 6) is -1.48. The van der Waals surface area contributed by atoms with Crippen LogP contribution in [0.5, 0.6) is 5.75 Å². The third-order valence-corrected chi connectivity index (χ3v) is 6.66. The summed E-state index contributed by atoms with van der Waals surface area (Å²) in [6, 6.07) is 10.7. The molecule has 5 N–H and O–H groups in total. The zero-order valence-electron chi connectivity index (χ0n) is 23.9. The highest BCUT2D eigenvalue weighted by molar-refractivity contribution is 6.09. The number of carbonyl (C=O) groups excluding carboxylic acids is 4. The molecular formula is C30H32N6O7. The van der Waals surface area contributed by atoms with Gasteiger partial charge in [-0.05, 0) is 81.1 Å². The number of phenols is 1. The van der Waals surface area contributed by atoms with Gasteiger partial charge in [0.1, 0.15) is 5.75 Å². The third-order valence-electron chi connectivity index (χ3n) is 6.66. The minimum absolute atomic E-state index is 0.0194. The summed E-state index contributed by atoms with van der Waals surface area (Å²) in [5.41, 5.74) is 8.47. The fourth-order valence-electron chi connectivity index (χ4n) is 4.04. The molecule has 0 saturated heterocycles. The van der Waals surface area contributed by atoms with E-state index < -0.39 is 24.8 Å². The largest absolute Gasteiger partial charge is 0.508 e. The minimum atomic E-state index is -1.01. The maximum absolute atomic E-state index is 13.3. The number of nitrogens with one attached hydrogen (secondary N) is 2. The molecule has 0 radical (unpaired) electrons. The van der Waals surface area contributed by atoms with Crippen molar-refractivity contribution in [3.8, 4) is 5.75 Å². The standard InChI is InChI=1S/C30H32N6O7/c1-4-36(30(41)43-16-42-29(40)19-7-11-22(37)12-8-19)28(39)23-14-32-25(18(23)3)26(33-15-31)35-24-13-20(6-5-17(24)2)27(38)34-21-9-10-21/h5-8,11-15,21,32,37H,4,9-10,16H2,1-3H3,(H,34,38)(H2,31,33,35). The van der Waals surface area contributed by atoms with Crippen molar-refractivity contribution >= 4 is 41.7 Å². The van der Waals surface area contributed by atoms with E-state index in [1.165, 1.54) is 30.5 Å². The summed E-state index contributed by atoms with van der Waals surface area (Å²) in [7, 11) is 0. The van der Waals surface area contributed by atoms with E-state index in [1.54, 1.807) is 32.0 Å². The molecule has 224 valence electrons. The molecular weight excluding hydrogens is 556 g/mol. The first-order valence-corrected chi connectivity index (χ1v) is 13.5. The van der Waals surface area contributed by atoms with E-state index >= 15 is 0 Å². The van der Waals surface area contributed by atoms with Crippen molar-refractivity contribution in [2.45, 2.75) is 39.7 Å². The Morgan fingerprint density at radius 3 is 2.44 bits per heavy atom. The Labute approximate surface area is 247 Å². The van der Waals surface area contributed by atoms with Crippen molar-refractivity contribution in [2.75, 3.05) is 13.3 Å². The number of amides is 3. The molecule has 13 nitrogen and oxygen atoms in total. The highest BCUT2D eigenvalue weighted by Crippen LogP contribution is 2.25. The first kappa shape index (κ1) is 30.5. The average Bonchev–Trinajstić information content (AvgIpc) is 3.72. The highest BCUT2D eigenvalue weighted by Gasteiger charge is 2.27. The maximum Gasteiger partial charge on any atom is 0.419 e. The summed E-state index contributed by atoms with van der Waals surface area (Å²) in [4.78, 5) is 63.3. The van der Waals surface area contributed by atoms with Gasteiger partial charge in [0.2, 0.25) is 6.79 Å². The number of esters is 1. The number of hydrogen-bond donors (Lipinski definition) is 4. The number of benzene rings is 2.